The zero-order chi connectivity index (χ0) is 57.3. The molecule has 0 saturated heterocycles. The molecule has 20 rings (SSSR count). The van der Waals surface area contributed by atoms with E-state index in [1.807, 2.05) is 34.0 Å². The molecule has 7 aromatic heterocycles. The number of nitrogens with zero attached hydrogens (tertiary/aromatic N) is 5. The minimum atomic E-state index is 0.669. The molecule has 0 saturated carbocycles. The van der Waals surface area contributed by atoms with Crippen molar-refractivity contribution in [3.63, 3.8) is 0 Å². The lowest BCUT2D eigenvalue weighted by Gasteiger charge is -2.15. The molecule has 0 N–H and O–H groups in total. The predicted octanol–water partition coefficient (Wildman–Crippen LogP) is 23.0. The summed E-state index contributed by atoms with van der Waals surface area (Å²) in [7, 11) is 0. The molecule has 0 radical (unpaired) electrons. The average molecular weight is 1170 g/mol. The van der Waals surface area contributed by atoms with Crippen LogP contribution in [0.3, 0.4) is 0 Å². The maximum absolute atomic E-state index is 5.75. The van der Waals surface area contributed by atoms with E-state index in [0.717, 1.165) is 55.9 Å². The highest BCUT2D eigenvalue weighted by molar-refractivity contribution is 7.27. The number of thiophene rings is 3. The van der Waals surface area contributed by atoms with Gasteiger partial charge in [0.2, 0.25) is 0 Å². The summed E-state index contributed by atoms with van der Waals surface area (Å²) in [5.41, 5.74) is 16.4. The fourth-order valence-corrected chi connectivity index (χ4v) is 18.3. The SMILES string of the molecule is c1cc(-c2nc(-c3cccc(-n4c5ccccc5c5ccc6c7ccccc7sc6c54)c3)c3cc(-c4ccc(-n5c6ccccc6c6ccc7c8ccccc8sc7c65)cc4)ccc3n2)cc(-n2c3ccccc3c3ccc4c5ccccc5sc4c32)c1. The van der Waals surface area contributed by atoms with Crippen LogP contribution in [0.4, 0.5) is 0 Å². The van der Waals surface area contributed by atoms with Crippen molar-refractivity contribution >= 4 is 171 Å². The zero-order valence-electron chi connectivity index (χ0n) is 46.9. The minimum absolute atomic E-state index is 0.669. The highest BCUT2D eigenvalue weighted by Gasteiger charge is 2.23. The molecular weight excluding hydrogens is 1130 g/mol. The van der Waals surface area contributed by atoms with E-state index < -0.39 is 0 Å². The van der Waals surface area contributed by atoms with Gasteiger partial charge in [0, 0.05) is 112 Å². The fraction of sp³-hybridized carbons (Fsp3) is 0. The van der Waals surface area contributed by atoms with Crippen LogP contribution < -0.4 is 0 Å². The highest BCUT2D eigenvalue weighted by Crippen LogP contribution is 2.47. The van der Waals surface area contributed by atoms with Gasteiger partial charge >= 0.3 is 0 Å². The van der Waals surface area contributed by atoms with Gasteiger partial charge in [0.05, 0.1) is 58.4 Å². The summed E-state index contributed by atoms with van der Waals surface area (Å²) >= 11 is 5.63. The van der Waals surface area contributed by atoms with Gasteiger partial charge in [-0.2, -0.15) is 0 Å². The first-order valence-corrected chi connectivity index (χ1v) is 32.2. The lowest BCUT2D eigenvalue weighted by molar-refractivity contribution is 1.17. The molecule has 0 aliphatic heterocycles. The first-order valence-electron chi connectivity index (χ1n) is 29.8. The number of para-hydroxylation sites is 3. The topological polar surface area (TPSA) is 40.6 Å². The second-order valence-electron chi connectivity index (χ2n) is 23.1. The summed E-state index contributed by atoms with van der Waals surface area (Å²) in [4.78, 5) is 11.3. The van der Waals surface area contributed by atoms with E-state index in [4.69, 9.17) is 9.97 Å². The normalized spacial score (nSPS) is 12.3. The van der Waals surface area contributed by atoms with E-state index in [1.54, 1.807) is 0 Å². The molecule has 13 aromatic carbocycles. The Morgan fingerprint density at radius 2 is 0.636 bits per heavy atom. The Labute approximate surface area is 514 Å². The number of benzene rings is 13. The molecule has 0 spiro atoms. The van der Waals surface area contributed by atoms with E-state index in [0.29, 0.717) is 5.82 Å². The number of hydrogen-bond acceptors (Lipinski definition) is 5. The quantitative estimate of drug-likeness (QED) is 0.166. The molecule has 0 aliphatic carbocycles. The van der Waals surface area contributed by atoms with E-state index >= 15 is 0 Å². The Balaban J connectivity index is 0.783. The standard InChI is InChI=1S/C80H45N5S3/c1-7-25-67-53(19-1)59-36-39-62-56-22-4-10-28-70(56)86-77(62)74(59)83(67)50-34-31-46(32-35-50)47-33-42-66-65(45-47)73(48-15-13-17-51(43-48)84-68-26-8-2-20-54(68)60-37-40-63-57-23-5-11-29-71(57)87-78(63)75(60)84)82-80(81-66)49-16-14-18-52(44-49)85-69-27-9-3-21-55(69)61-38-41-64-58-24-6-12-30-72(58)88-79(64)76(61)85/h1-45H. The predicted molar refractivity (Wildman–Crippen MR) is 378 cm³/mol. The van der Waals surface area contributed by atoms with Crippen LogP contribution in [0.5, 0.6) is 0 Å². The molecule has 7 heterocycles. The molecule has 5 nitrogen and oxygen atoms in total. The number of rotatable bonds is 6. The van der Waals surface area contributed by atoms with E-state index in [2.05, 4.69) is 287 Å². The van der Waals surface area contributed by atoms with E-state index in [1.165, 1.54) is 126 Å². The summed E-state index contributed by atoms with van der Waals surface area (Å²) in [6, 6.07) is 101. The molecule has 88 heavy (non-hydrogen) atoms. The highest BCUT2D eigenvalue weighted by atomic mass is 32.1. The van der Waals surface area contributed by atoms with Crippen molar-refractivity contribution in [1.82, 2.24) is 23.7 Å². The number of fused-ring (bicyclic) bond motifs is 22. The van der Waals surface area contributed by atoms with Crippen molar-refractivity contribution in [3.8, 4) is 50.8 Å². The summed E-state index contributed by atoms with van der Waals surface area (Å²) in [5.74, 6) is 0.669. The fourth-order valence-electron chi connectivity index (χ4n) is 14.5. The maximum atomic E-state index is 5.75. The van der Waals surface area contributed by atoms with Crippen molar-refractivity contribution in [2.24, 2.45) is 0 Å². The van der Waals surface area contributed by atoms with Gasteiger partial charge in [-0.1, -0.05) is 188 Å². The van der Waals surface area contributed by atoms with Gasteiger partial charge in [-0.15, -0.1) is 34.0 Å². The first-order chi connectivity index (χ1) is 43.6. The lowest BCUT2D eigenvalue weighted by atomic mass is 9.99. The second-order valence-corrected chi connectivity index (χ2v) is 26.3. The van der Waals surface area contributed by atoms with Crippen molar-refractivity contribution in [2.45, 2.75) is 0 Å². The van der Waals surface area contributed by atoms with Gasteiger partial charge < -0.3 is 13.7 Å². The van der Waals surface area contributed by atoms with Gasteiger partial charge in [-0.05, 0) is 96.1 Å². The number of aromatic nitrogens is 5. The van der Waals surface area contributed by atoms with E-state index in [9.17, 15) is 0 Å². The number of hydrogen-bond donors (Lipinski definition) is 0. The smallest absolute Gasteiger partial charge is 0.160 e. The van der Waals surface area contributed by atoms with E-state index in [-0.39, 0.29) is 0 Å². The summed E-state index contributed by atoms with van der Waals surface area (Å²) in [5, 5.41) is 16.2. The molecule has 20 aromatic rings. The van der Waals surface area contributed by atoms with Crippen LogP contribution in [-0.2, 0) is 0 Å². The molecule has 8 heteroatoms. The summed E-state index contributed by atoms with van der Waals surface area (Å²) < 4.78 is 15.2. The Bertz CT molecular complexity index is 6380. The average Bonchev–Trinajstić information content (AvgIpc) is 1.67. The lowest BCUT2D eigenvalue weighted by Crippen LogP contribution is -1.99. The minimum Gasteiger partial charge on any atom is -0.308 e. The molecule has 0 bridgehead atoms. The van der Waals surface area contributed by atoms with Crippen LogP contribution in [0.2, 0.25) is 0 Å². The van der Waals surface area contributed by atoms with Gasteiger partial charge in [-0.25, -0.2) is 9.97 Å². The monoisotopic (exact) mass is 1170 g/mol. The molecule has 0 aliphatic rings. The summed E-state index contributed by atoms with van der Waals surface area (Å²) in [6.45, 7) is 0. The molecule has 0 amide bonds. The van der Waals surface area contributed by atoms with Crippen LogP contribution in [0.15, 0.2) is 273 Å². The molecule has 0 unspecified atom stereocenters. The van der Waals surface area contributed by atoms with Gasteiger partial charge in [0.1, 0.15) is 0 Å². The largest absolute Gasteiger partial charge is 0.308 e. The zero-order valence-corrected chi connectivity index (χ0v) is 49.4. The molecular formula is C80H45N5S3. The van der Waals surface area contributed by atoms with Crippen molar-refractivity contribution in [1.29, 1.82) is 0 Å². The van der Waals surface area contributed by atoms with Crippen molar-refractivity contribution in [3.05, 3.63) is 273 Å². The third-order valence-corrected chi connectivity index (χ3v) is 22.0. The third-order valence-electron chi connectivity index (χ3n) is 18.4. The van der Waals surface area contributed by atoms with Gasteiger partial charge in [0.25, 0.3) is 0 Å². The Hall–Kier alpha value is -10.7. The van der Waals surface area contributed by atoms with Gasteiger partial charge in [-0.3, -0.25) is 0 Å². The van der Waals surface area contributed by atoms with Crippen LogP contribution >= 0.6 is 34.0 Å². The Morgan fingerprint density at radius 1 is 0.239 bits per heavy atom. The third kappa shape index (κ3) is 6.90. The van der Waals surface area contributed by atoms with Crippen LogP contribution in [0.1, 0.15) is 0 Å². The van der Waals surface area contributed by atoms with Gasteiger partial charge in [0.15, 0.2) is 5.82 Å². The maximum Gasteiger partial charge on any atom is 0.160 e. The Morgan fingerprint density at radius 3 is 1.12 bits per heavy atom. The van der Waals surface area contributed by atoms with Crippen LogP contribution in [-0.4, -0.2) is 23.7 Å². The van der Waals surface area contributed by atoms with Crippen molar-refractivity contribution < 1.29 is 0 Å². The summed E-state index contributed by atoms with van der Waals surface area (Å²) in [6.07, 6.45) is 0. The first kappa shape index (κ1) is 48.5. The van der Waals surface area contributed by atoms with Crippen molar-refractivity contribution in [2.75, 3.05) is 0 Å². The molecule has 0 fully saturated rings. The Kier molecular flexibility index (Phi) is 10.1. The van der Waals surface area contributed by atoms with Crippen LogP contribution in [0.25, 0.3) is 188 Å². The molecule has 0 atom stereocenters. The van der Waals surface area contributed by atoms with Crippen LogP contribution in [0, 0.1) is 0 Å². The molecule has 408 valence electrons. The second kappa shape index (κ2) is 18.4.